The zero-order valence-corrected chi connectivity index (χ0v) is 17.9. The molecule has 162 valence electrons. The minimum Gasteiger partial charge on any atom is -0.467 e. The zero-order valence-electron chi connectivity index (χ0n) is 17.0. The van der Waals surface area contributed by atoms with E-state index in [1.807, 2.05) is 47.0 Å². The van der Waals surface area contributed by atoms with Crippen molar-refractivity contribution in [1.29, 1.82) is 0 Å². The van der Waals surface area contributed by atoms with Crippen LogP contribution in [0.15, 0.2) is 82.6 Å². The van der Waals surface area contributed by atoms with Crippen LogP contribution in [0.25, 0.3) is 11.4 Å². The number of nitrogens with one attached hydrogen (secondary N) is 1. The second-order valence-electron chi connectivity index (χ2n) is 6.89. The molecule has 0 bridgehead atoms. The van der Waals surface area contributed by atoms with Crippen molar-refractivity contribution in [3.05, 3.63) is 88.9 Å². The van der Waals surface area contributed by atoms with Gasteiger partial charge in [0.05, 0.1) is 23.0 Å². The van der Waals surface area contributed by atoms with Crippen LogP contribution in [-0.2, 0) is 11.3 Å². The van der Waals surface area contributed by atoms with Crippen molar-refractivity contribution in [2.75, 3.05) is 5.32 Å². The Hall–Kier alpha value is -3.92. The molecule has 1 amide bonds. The number of amides is 1. The first-order valence-electron chi connectivity index (χ1n) is 9.74. The number of nitro benzene ring substituents is 1. The largest absolute Gasteiger partial charge is 0.467 e. The number of nitrogens with zero attached hydrogens (tertiary/aromatic N) is 4. The summed E-state index contributed by atoms with van der Waals surface area (Å²) in [5, 5.41) is 22.4. The molecule has 10 heteroatoms. The summed E-state index contributed by atoms with van der Waals surface area (Å²) < 4.78 is 7.39. The van der Waals surface area contributed by atoms with Gasteiger partial charge in [-0.1, -0.05) is 48.2 Å². The van der Waals surface area contributed by atoms with Gasteiger partial charge in [0.1, 0.15) is 5.76 Å². The lowest BCUT2D eigenvalue weighted by Gasteiger charge is -2.13. The highest BCUT2D eigenvalue weighted by molar-refractivity contribution is 8.00. The number of carbonyl (C=O) groups is 1. The van der Waals surface area contributed by atoms with Gasteiger partial charge in [-0.3, -0.25) is 19.5 Å². The summed E-state index contributed by atoms with van der Waals surface area (Å²) in [7, 11) is 0. The molecule has 1 unspecified atom stereocenters. The van der Waals surface area contributed by atoms with Crippen LogP contribution < -0.4 is 5.32 Å². The molecule has 2 aromatic heterocycles. The van der Waals surface area contributed by atoms with Gasteiger partial charge in [-0.05, 0) is 25.1 Å². The molecule has 9 nitrogen and oxygen atoms in total. The van der Waals surface area contributed by atoms with Crippen LogP contribution in [0.3, 0.4) is 0 Å². The zero-order chi connectivity index (χ0) is 22.5. The third-order valence-corrected chi connectivity index (χ3v) is 5.70. The summed E-state index contributed by atoms with van der Waals surface area (Å²) in [5.74, 6) is 1.10. The normalized spacial score (nSPS) is 11.8. The van der Waals surface area contributed by atoms with Crippen molar-refractivity contribution in [3.63, 3.8) is 0 Å². The number of furan rings is 1. The predicted molar refractivity (Wildman–Crippen MR) is 120 cm³/mol. The molecule has 0 aliphatic carbocycles. The molecular formula is C22H19N5O4S. The third kappa shape index (κ3) is 4.86. The van der Waals surface area contributed by atoms with Crippen LogP contribution in [0.1, 0.15) is 12.7 Å². The summed E-state index contributed by atoms with van der Waals surface area (Å²) in [6.07, 6.45) is 1.60. The minimum absolute atomic E-state index is 0.0891. The minimum atomic E-state index is -0.530. The van der Waals surface area contributed by atoms with E-state index in [1.165, 1.54) is 30.0 Å². The Morgan fingerprint density at radius 1 is 1.16 bits per heavy atom. The molecule has 4 rings (SSSR count). The van der Waals surface area contributed by atoms with Gasteiger partial charge < -0.3 is 9.73 Å². The van der Waals surface area contributed by atoms with Crippen LogP contribution in [0.2, 0.25) is 0 Å². The average Bonchev–Trinajstić information content (AvgIpc) is 3.45. The maximum atomic E-state index is 12.7. The SMILES string of the molecule is CC(Sc1nnc(-c2ccccc2)n1Cc1ccco1)C(=O)Nc1cccc([N+](=O)[O-])c1. The fourth-order valence-electron chi connectivity index (χ4n) is 3.03. The highest BCUT2D eigenvalue weighted by Gasteiger charge is 2.22. The molecule has 0 radical (unpaired) electrons. The number of thioether (sulfide) groups is 1. The lowest BCUT2D eigenvalue weighted by molar-refractivity contribution is -0.384. The fourth-order valence-corrected chi connectivity index (χ4v) is 3.88. The van der Waals surface area contributed by atoms with Crippen molar-refractivity contribution < 1.29 is 14.1 Å². The van der Waals surface area contributed by atoms with Crippen molar-refractivity contribution in [2.24, 2.45) is 0 Å². The van der Waals surface area contributed by atoms with E-state index in [1.54, 1.807) is 19.3 Å². The predicted octanol–water partition coefficient (Wildman–Crippen LogP) is 4.61. The molecule has 2 aromatic carbocycles. The number of benzene rings is 2. The second kappa shape index (κ2) is 9.48. The molecule has 0 saturated heterocycles. The highest BCUT2D eigenvalue weighted by atomic mass is 32.2. The third-order valence-electron chi connectivity index (χ3n) is 4.62. The maximum absolute atomic E-state index is 12.7. The van der Waals surface area contributed by atoms with Gasteiger partial charge in [-0.25, -0.2) is 0 Å². The summed E-state index contributed by atoms with van der Waals surface area (Å²) in [5.41, 5.74) is 1.17. The van der Waals surface area contributed by atoms with Crippen LogP contribution in [-0.4, -0.2) is 30.8 Å². The lowest BCUT2D eigenvalue weighted by Crippen LogP contribution is -2.23. The van der Waals surface area contributed by atoms with Crippen molar-refractivity contribution in [2.45, 2.75) is 23.9 Å². The van der Waals surface area contributed by atoms with Gasteiger partial charge in [0.2, 0.25) is 5.91 Å². The molecule has 32 heavy (non-hydrogen) atoms. The number of hydrogen-bond acceptors (Lipinski definition) is 7. The van der Waals surface area contributed by atoms with Crippen LogP contribution in [0.5, 0.6) is 0 Å². The van der Waals surface area contributed by atoms with E-state index in [0.717, 1.165) is 11.3 Å². The molecule has 0 aliphatic rings. The van der Waals surface area contributed by atoms with E-state index in [-0.39, 0.29) is 11.6 Å². The van der Waals surface area contributed by atoms with E-state index in [2.05, 4.69) is 15.5 Å². The quantitative estimate of drug-likeness (QED) is 0.237. The Balaban J connectivity index is 1.55. The van der Waals surface area contributed by atoms with Crippen molar-refractivity contribution >= 4 is 29.0 Å². The molecule has 4 aromatic rings. The number of rotatable bonds is 8. The van der Waals surface area contributed by atoms with Gasteiger partial charge in [0.25, 0.3) is 5.69 Å². The van der Waals surface area contributed by atoms with E-state index < -0.39 is 10.2 Å². The molecule has 0 spiro atoms. The average molecular weight is 449 g/mol. The van der Waals surface area contributed by atoms with Gasteiger partial charge in [-0.2, -0.15) is 0 Å². The molecule has 2 heterocycles. The summed E-state index contributed by atoms with van der Waals surface area (Å²) in [6.45, 7) is 2.15. The Kier molecular flexibility index (Phi) is 6.31. The fraction of sp³-hybridized carbons (Fsp3) is 0.136. The Morgan fingerprint density at radius 3 is 2.69 bits per heavy atom. The molecule has 1 atom stereocenters. The first kappa shape index (κ1) is 21.3. The first-order chi connectivity index (χ1) is 15.5. The summed E-state index contributed by atoms with van der Waals surface area (Å²) >= 11 is 1.25. The van der Waals surface area contributed by atoms with Crippen LogP contribution in [0, 0.1) is 10.1 Å². The van der Waals surface area contributed by atoms with E-state index in [0.29, 0.717) is 23.2 Å². The van der Waals surface area contributed by atoms with Gasteiger partial charge >= 0.3 is 0 Å². The summed E-state index contributed by atoms with van der Waals surface area (Å²) in [6, 6.07) is 19.1. The Bertz CT molecular complexity index is 1220. The molecule has 1 N–H and O–H groups in total. The van der Waals surface area contributed by atoms with E-state index in [9.17, 15) is 14.9 Å². The van der Waals surface area contributed by atoms with Crippen molar-refractivity contribution in [3.8, 4) is 11.4 Å². The summed E-state index contributed by atoms with van der Waals surface area (Å²) in [4.78, 5) is 23.2. The maximum Gasteiger partial charge on any atom is 0.271 e. The number of hydrogen-bond donors (Lipinski definition) is 1. The topological polar surface area (TPSA) is 116 Å². The van der Waals surface area contributed by atoms with Gasteiger partial charge in [0.15, 0.2) is 11.0 Å². The van der Waals surface area contributed by atoms with Crippen LogP contribution in [0.4, 0.5) is 11.4 Å². The molecular weight excluding hydrogens is 430 g/mol. The number of aromatic nitrogens is 3. The molecule has 0 saturated carbocycles. The first-order valence-corrected chi connectivity index (χ1v) is 10.6. The van der Waals surface area contributed by atoms with Gasteiger partial charge in [0, 0.05) is 23.4 Å². The number of anilines is 1. The molecule has 0 fully saturated rings. The Morgan fingerprint density at radius 2 is 1.97 bits per heavy atom. The number of nitro groups is 1. The standard InChI is InChI=1S/C22H19N5O4S/c1-15(21(28)23-17-9-5-10-18(13-17)27(29)30)32-22-25-24-20(16-7-3-2-4-8-16)26(22)14-19-11-6-12-31-19/h2-13,15H,14H2,1H3,(H,23,28). The number of non-ortho nitro benzene ring substituents is 1. The molecule has 0 aliphatic heterocycles. The van der Waals surface area contributed by atoms with E-state index >= 15 is 0 Å². The van der Waals surface area contributed by atoms with E-state index in [4.69, 9.17) is 4.42 Å². The lowest BCUT2D eigenvalue weighted by atomic mass is 10.2. The van der Waals surface area contributed by atoms with Gasteiger partial charge in [-0.15, -0.1) is 10.2 Å². The number of carbonyl (C=O) groups excluding carboxylic acids is 1. The second-order valence-corrected chi connectivity index (χ2v) is 8.20. The highest BCUT2D eigenvalue weighted by Crippen LogP contribution is 2.28. The van der Waals surface area contributed by atoms with Crippen LogP contribution >= 0.6 is 11.8 Å². The smallest absolute Gasteiger partial charge is 0.271 e. The monoisotopic (exact) mass is 449 g/mol. The Labute approximate surface area is 187 Å². The van der Waals surface area contributed by atoms with Crippen molar-refractivity contribution in [1.82, 2.24) is 14.8 Å².